The maximum Gasteiger partial charge on any atom is 0.164 e. The molecule has 2 nitrogen and oxygen atoms in total. The zero-order valence-electron chi connectivity index (χ0n) is 13.6. The van der Waals surface area contributed by atoms with Gasteiger partial charge in [0.1, 0.15) is 6.10 Å². The molecule has 0 radical (unpaired) electrons. The summed E-state index contributed by atoms with van der Waals surface area (Å²) in [4.78, 5) is 12.3. The van der Waals surface area contributed by atoms with E-state index in [2.05, 4.69) is 27.7 Å². The minimum absolute atomic E-state index is 0.00153. The second kappa shape index (κ2) is 10.4. The lowest BCUT2D eigenvalue weighted by Gasteiger charge is -2.24. The Balaban J connectivity index is 4.30. The fourth-order valence-corrected chi connectivity index (χ4v) is 2.95. The van der Waals surface area contributed by atoms with E-state index in [9.17, 15) is 9.90 Å². The third kappa shape index (κ3) is 6.56. The third-order valence-corrected chi connectivity index (χ3v) is 4.67. The number of aliphatic hydroxyl groups is 1. The van der Waals surface area contributed by atoms with Crippen LogP contribution in [0.2, 0.25) is 0 Å². The predicted molar refractivity (Wildman–Crippen MR) is 82.2 cm³/mol. The number of hydrogen-bond acceptors (Lipinski definition) is 2. The minimum atomic E-state index is -0.749. The molecule has 0 aromatic heterocycles. The number of Topliss-reactive ketones (excluding diaryl/α,β-unsaturated/α-hetero) is 1. The summed E-state index contributed by atoms with van der Waals surface area (Å²) >= 11 is 0. The molecule has 2 heteroatoms. The summed E-state index contributed by atoms with van der Waals surface area (Å²) in [5.74, 6) is 1.14. The Bertz CT molecular complexity index is 233. The van der Waals surface area contributed by atoms with Crippen LogP contribution < -0.4 is 0 Å². The van der Waals surface area contributed by atoms with E-state index in [1.807, 2.05) is 6.92 Å². The molecule has 0 fully saturated rings. The van der Waals surface area contributed by atoms with Crippen molar-refractivity contribution in [3.05, 3.63) is 0 Å². The smallest absolute Gasteiger partial charge is 0.164 e. The first-order valence-electron chi connectivity index (χ1n) is 8.23. The summed E-state index contributed by atoms with van der Waals surface area (Å²) in [5.41, 5.74) is 0. The van der Waals surface area contributed by atoms with E-state index in [0.29, 0.717) is 18.3 Å². The van der Waals surface area contributed by atoms with Crippen molar-refractivity contribution in [2.24, 2.45) is 17.8 Å². The lowest BCUT2D eigenvalue weighted by molar-refractivity contribution is -0.133. The minimum Gasteiger partial charge on any atom is -0.385 e. The van der Waals surface area contributed by atoms with E-state index < -0.39 is 6.10 Å². The van der Waals surface area contributed by atoms with Crippen LogP contribution in [-0.4, -0.2) is 17.0 Å². The number of carbonyl (C=O) groups excluding carboxylic acids is 1. The van der Waals surface area contributed by atoms with Gasteiger partial charge >= 0.3 is 0 Å². The van der Waals surface area contributed by atoms with Crippen molar-refractivity contribution < 1.29 is 9.90 Å². The standard InChI is InChI=1S/C17H34O2/c1-6-10-15(9-4)13(5)17(19)16(18)12-11-14(7-2)8-3/h13-16,18H,6-12H2,1-5H3/t13-,15?,16+/m1/s1. The first-order chi connectivity index (χ1) is 9.01. The fraction of sp³-hybridized carbons (Fsp3) is 0.941. The molecule has 0 saturated heterocycles. The molecule has 0 spiro atoms. The maximum atomic E-state index is 12.3. The van der Waals surface area contributed by atoms with Crippen molar-refractivity contribution in [3.8, 4) is 0 Å². The van der Waals surface area contributed by atoms with Gasteiger partial charge in [-0.3, -0.25) is 4.79 Å². The molecule has 0 saturated carbocycles. The molecule has 19 heavy (non-hydrogen) atoms. The Kier molecular flexibility index (Phi) is 10.2. The van der Waals surface area contributed by atoms with Gasteiger partial charge in [0.25, 0.3) is 0 Å². The van der Waals surface area contributed by atoms with Gasteiger partial charge in [-0.2, -0.15) is 0 Å². The third-order valence-electron chi connectivity index (χ3n) is 4.67. The summed E-state index contributed by atoms with van der Waals surface area (Å²) in [6, 6.07) is 0. The number of carbonyl (C=O) groups is 1. The van der Waals surface area contributed by atoms with Crippen LogP contribution in [0.25, 0.3) is 0 Å². The van der Waals surface area contributed by atoms with Crippen LogP contribution in [0.15, 0.2) is 0 Å². The molecule has 1 unspecified atom stereocenters. The van der Waals surface area contributed by atoms with Gasteiger partial charge in [-0.1, -0.05) is 66.7 Å². The van der Waals surface area contributed by atoms with Crippen molar-refractivity contribution in [2.75, 3.05) is 0 Å². The summed E-state index contributed by atoms with van der Waals surface area (Å²) in [6.45, 7) is 10.6. The molecule has 0 aliphatic heterocycles. The molecule has 0 aromatic rings. The van der Waals surface area contributed by atoms with Crippen molar-refractivity contribution in [1.29, 1.82) is 0 Å². The van der Waals surface area contributed by atoms with Gasteiger partial charge < -0.3 is 5.11 Å². The van der Waals surface area contributed by atoms with E-state index in [1.54, 1.807) is 0 Å². The van der Waals surface area contributed by atoms with Gasteiger partial charge in [0, 0.05) is 5.92 Å². The van der Waals surface area contributed by atoms with Crippen LogP contribution >= 0.6 is 0 Å². The normalized spacial score (nSPS) is 16.4. The van der Waals surface area contributed by atoms with Gasteiger partial charge in [0.05, 0.1) is 0 Å². The zero-order valence-corrected chi connectivity index (χ0v) is 13.6. The van der Waals surface area contributed by atoms with Crippen molar-refractivity contribution in [2.45, 2.75) is 85.7 Å². The quantitative estimate of drug-likeness (QED) is 0.596. The predicted octanol–water partition coefficient (Wildman–Crippen LogP) is 4.60. The highest BCUT2D eigenvalue weighted by atomic mass is 16.3. The molecule has 0 aromatic carbocycles. The average molecular weight is 270 g/mol. The summed E-state index contributed by atoms with van der Waals surface area (Å²) < 4.78 is 0. The number of rotatable bonds is 11. The Morgan fingerprint density at radius 1 is 0.947 bits per heavy atom. The van der Waals surface area contributed by atoms with Crippen molar-refractivity contribution >= 4 is 5.78 Å². The van der Waals surface area contributed by atoms with Gasteiger partial charge in [0.15, 0.2) is 5.78 Å². The molecule has 114 valence electrons. The summed E-state index contributed by atoms with van der Waals surface area (Å²) in [5, 5.41) is 10.1. The first kappa shape index (κ1) is 18.6. The molecule has 0 heterocycles. The Morgan fingerprint density at radius 2 is 1.53 bits per heavy atom. The zero-order chi connectivity index (χ0) is 14.8. The van der Waals surface area contributed by atoms with Crippen LogP contribution in [-0.2, 0) is 4.79 Å². The van der Waals surface area contributed by atoms with Gasteiger partial charge in [-0.25, -0.2) is 0 Å². The highest BCUT2D eigenvalue weighted by Gasteiger charge is 2.27. The topological polar surface area (TPSA) is 37.3 Å². The molecule has 3 atom stereocenters. The molecule has 0 aliphatic carbocycles. The van der Waals surface area contributed by atoms with Crippen LogP contribution in [0.4, 0.5) is 0 Å². The Labute approximate surface area is 120 Å². The van der Waals surface area contributed by atoms with Crippen molar-refractivity contribution in [1.82, 2.24) is 0 Å². The van der Waals surface area contributed by atoms with E-state index in [4.69, 9.17) is 0 Å². The van der Waals surface area contributed by atoms with Crippen LogP contribution in [0.1, 0.15) is 79.6 Å². The molecule has 0 amide bonds. The second-order valence-electron chi connectivity index (χ2n) is 5.92. The van der Waals surface area contributed by atoms with Gasteiger partial charge in [0.2, 0.25) is 0 Å². The molecular weight excluding hydrogens is 236 g/mol. The number of aliphatic hydroxyl groups excluding tert-OH is 1. The maximum absolute atomic E-state index is 12.3. The molecule has 1 N–H and O–H groups in total. The Morgan fingerprint density at radius 3 is 1.95 bits per heavy atom. The molecule has 0 bridgehead atoms. The van der Waals surface area contributed by atoms with Crippen molar-refractivity contribution in [3.63, 3.8) is 0 Å². The summed E-state index contributed by atoms with van der Waals surface area (Å²) in [7, 11) is 0. The Hall–Kier alpha value is -0.370. The highest BCUT2D eigenvalue weighted by molar-refractivity contribution is 5.85. The molecule has 0 rings (SSSR count). The van der Waals surface area contributed by atoms with Crippen LogP contribution in [0, 0.1) is 17.8 Å². The van der Waals surface area contributed by atoms with E-state index in [1.165, 1.54) is 0 Å². The number of ketones is 1. The number of hydrogen-bond donors (Lipinski definition) is 1. The summed E-state index contributed by atoms with van der Waals surface area (Å²) in [6.07, 6.45) is 6.36. The second-order valence-corrected chi connectivity index (χ2v) is 5.92. The SMILES string of the molecule is CCCC(CC)[C@@H](C)C(=O)[C@@H](O)CCC(CC)CC. The fourth-order valence-electron chi connectivity index (χ4n) is 2.95. The largest absolute Gasteiger partial charge is 0.385 e. The monoisotopic (exact) mass is 270 g/mol. The van der Waals surface area contributed by atoms with E-state index in [-0.39, 0.29) is 11.7 Å². The van der Waals surface area contributed by atoms with Crippen LogP contribution in [0.3, 0.4) is 0 Å². The lowest BCUT2D eigenvalue weighted by atomic mass is 9.82. The van der Waals surface area contributed by atoms with E-state index >= 15 is 0 Å². The molecule has 0 aliphatic rings. The lowest BCUT2D eigenvalue weighted by Crippen LogP contribution is -2.31. The van der Waals surface area contributed by atoms with Crippen LogP contribution in [0.5, 0.6) is 0 Å². The molecular formula is C17H34O2. The first-order valence-corrected chi connectivity index (χ1v) is 8.23. The van der Waals surface area contributed by atoms with E-state index in [0.717, 1.165) is 38.5 Å². The average Bonchev–Trinajstić information content (AvgIpc) is 2.43. The highest BCUT2D eigenvalue weighted by Crippen LogP contribution is 2.25. The van der Waals surface area contributed by atoms with Gasteiger partial charge in [-0.15, -0.1) is 0 Å². The van der Waals surface area contributed by atoms with Gasteiger partial charge in [-0.05, 0) is 24.7 Å².